The van der Waals surface area contributed by atoms with Gasteiger partial charge < -0.3 is 15.0 Å². The van der Waals surface area contributed by atoms with Crippen molar-refractivity contribution in [3.05, 3.63) is 90.0 Å². The van der Waals surface area contributed by atoms with Gasteiger partial charge in [-0.25, -0.2) is 4.68 Å². The average Bonchev–Trinajstić information content (AvgIpc) is 3.31. The number of rotatable bonds is 11. The van der Waals surface area contributed by atoms with Crippen LogP contribution in [0.1, 0.15) is 37.4 Å². The Kier molecular flexibility index (Phi) is 8.51. The van der Waals surface area contributed by atoms with Gasteiger partial charge in [0.1, 0.15) is 23.9 Å². The molecule has 2 amide bonds. The molecule has 0 fully saturated rings. The summed E-state index contributed by atoms with van der Waals surface area (Å²) in [6, 6.07) is 23.6. The van der Waals surface area contributed by atoms with Crippen molar-refractivity contribution in [2.75, 3.05) is 13.7 Å². The van der Waals surface area contributed by atoms with Gasteiger partial charge >= 0.3 is 0 Å². The van der Waals surface area contributed by atoms with Crippen molar-refractivity contribution in [2.24, 2.45) is 5.92 Å². The summed E-state index contributed by atoms with van der Waals surface area (Å²) in [4.78, 5) is 29.2. The van der Waals surface area contributed by atoms with Gasteiger partial charge in [0.25, 0.3) is 0 Å². The smallest absolute Gasteiger partial charge is 0.247 e. The number of aromatic nitrogens is 3. The number of carbonyl (C=O) groups is 2. The first kappa shape index (κ1) is 25.9. The molecule has 0 radical (unpaired) electrons. The van der Waals surface area contributed by atoms with Crippen molar-refractivity contribution in [1.82, 2.24) is 25.2 Å². The molecule has 0 bridgehead atoms. The van der Waals surface area contributed by atoms with E-state index in [2.05, 4.69) is 29.5 Å². The fraction of sp³-hybridized carbons (Fsp3) is 0.310. The summed E-state index contributed by atoms with van der Waals surface area (Å²) in [5.41, 5.74) is 3.06. The fourth-order valence-corrected chi connectivity index (χ4v) is 4.23. The number of benzene rings is 3. The molecular weight excluding hydrogens is 466 g/mol. The standard InChI is InChI=1S/C29H33N5O3/c1-21(2)16-17-30-29(36)28(23-11-5-4-6-12-23)33(19-22-10-9-13-24(18-22)37-3)27(35)20-34-26-15-8-7-14-25(26)31-32-34/h4-15,18,21,28H,16-17,19-20H2,1-3H3,(H,30,36)/t28-/m0/s1. The third kappa shape index (κ3) is 6.52. The van der Waals surface area contributed by atoms with Gasteiger partial charge in [0.15, 0.2) is 0 Å². The minimum atomic E-state index is -0.818. The minimum Gasteiger partial charge on any atom is -0.497 e. The van der Waals surface area contributed by atoms with E-state index in [1.165, 1.54) is 0 Å². The van der Waals surface area contributed by atoms with Gasteiger partial charge in [-0.15, -0.1) is 5.10 Å². The Morgan fingerprint density at radius 1 is 1.00 bits per heavy atom. The first-order valence-electron chi connectivity index (χ1n) is 12.5. The van der Waals surface area contributed by atoms with E-state index in [0.717, 1.165) is 23.1 Å². The van der Waals surface area contributed by atoms with Crippen LogP contribution in [0.5, 0.6) is 5.75 Å². The Hall–Kier alpha value is -4.20. The molecule has 3 aromatic carbocycles. The average molecular weight is 500 g/mol. The molecule has 0 saturated carbocycles. The second kappa shape index (κ2) is 12.2. The molecule has 1 N–H and O–H groups in total. The largest absolute Gasteiger partial charge is 0.497 e. The summed E-state index contributed by atoms with van der Waals surface area (Å²) in [5, 5.41) is 11.4. The number of para-hydroxylation sites is 1. The number of carbonyl (C=O) groups excluding carboxylic acids is 2. The van der Waals surface area contributed by atoms with Crippen LogP contribution in [0.3, 0.4) is 0 Å². The lowest BCUT2D eigenvalue weighted by Crippen LogP contribution is -2.45. The zero-order valence-corrected chi connectivity index (χ0v) is 21.5. The number of nitrogens with one attached hydrogen (secondary N) is 1. The predicted octanol–water partition coefficient (Wildman–Crippen LogP) is 4.37. The highest BCUT2D eigenvalue weighted by atomic mass is 16.5. The van der Waals surface area contributed by atoms with Crippen molar-refractivity contribution in [1.29, 1.82) is 0 Å². The summed E-state index contributed by atoms with van der Waals surface area (Å²) in [6.45, 7) is 4.94. The topological polar surface area (TPSA) is 89.3 Å². The molecule has 0 aliphatic heterocycles. The number of hydrogen-bond acceptors (Lipinski definition) is 5. The maximum absolute atomic E-state index is 13.9. The third-order valence-electron chi connectivity index (χ3n) is 6.21. The highest BCUT2D eigenvalue weighted by molar-refractivity contribution is 5.89. The zero-order chi connectivity index (χ0) is 26.2. The van der Waals surface area contributed by atoms with Crippen LogP contribution in [0.15, 0.2) is 78.9 Å². The van der Waals surface area contributed by atoms with Crippen molar-refractivity contribution in [3.63, 3.8) is 0 Å². The van der Waals surface area contributed by atoms with Crippen molar-refractivity contribution >= 4 is 22.8 Å². The van der Waals surface area contributed by atoms with E-state index in [4.69, 9.17) is 4.74 Å². The van der Waals surface area contributed by atoms with E-state index in [0.29, 0.717) is 23.7 Å². The Balaban J connectivity index is 1.71. The summed E-state index contributed by atoms with van der Waals surface area (Å²) >= 11 is 0. The van der Waals surface area contributed by atoms with E-state index >= 15 is 0 Å². The van der Waals surface area contributed by atoms with Crippen LogP contribution in [0, 0.1) is 5.92 Å². The molecule has 0 aliphatic carbocycles. The molecule has 4 rings (SSSR count). The number of methoxy groups -OCH3 is 1. The Morgan fingerprint density at radius 3 is 2.51 bits per heavy atom. The molecule has 0 spiro atoms. The molecule has 192 valence electrons. The van der Waals surface area contributed by atoms with E-state index in [-0.39, 0.29) is 24.9 Å². The second-order valence-corrected chi connectivity index (χ2v) is 9.40. The molecule has 1 atom stereocenters. The molecule has 8 nitrogen and oxygen atoms in total. The maximum Gasteiger partial charge on any atom is 0.247 e. The van der Waals surface area contributed by atoms with Crippen molar-refractivity contribution in [3.8, 4) is 5.75 Å². The molecule has 0 saturated heterocycles. The predicted molar refractivity (Wildman–Crippen MR) is 143 cm³/mol. The second-order valence-electron chi connectivity index (χ2n) is 9.40. The van der Waals surface area contributed by atoms with Gasteiger partial charge in [-0.2, -0.15) is 0 Å². The summed E-state index contributed by atoms with van der Waals surface area (Å²) < 4.78 is 6.97. The first-order valence-corrected chi connectivity index (χ1v) is 12.5. The van der Waals surface area contributed by atoms with Crippen LogP contribution in [0.2, 0.25) is 0 Å². The quantitative estimate of drug-likeness (QED) is 0.331. The van der Waals surface area contributed by atoms with Gasteiger partial charge in [0.05, 0.1) is 12.6 Å². The van der Waals surface area contributed by atoms with E-state index < -0.39 is 6.04 Å². The molecular formula is C29H33N5O3. The highest BCUT2D eigenvalue weighted by Crippen LogP contribution is 2.26. The maximum atomic E-state index is 13.9. The van der Waals surface area contributed by atoms with E-state index in [1.54, 1.807) is 16.7 Å². The van der Waals surface area contributed by atoms with Gasteiger partial charge in [0, 0.05) is 13.1 Å². The Bertz CT molecular complexity index is 1340. The van der Waals surface area contributed by atoms with Crippen LogP contribution in [-0.2, 0) is 22.7 Å². The first-order chi connectivity index (χ1) is 18.0. The summed E-state index contributed by atoms with van der Waals surface area (Å²) in [5.74, 6) is 0.674. The molecule has 0 aliphatic rings. The summed E-state index contributed by atoms with van der Waals surface area (Å²) in [6.07, 6.45) is 0.849. The number of amides is 2. The van der Waals surface area contributed by atoms with Crippen LogP contribution < -0.4 is 10.1 Å². The molecule has 4 aromatic rings. The van der Waals surface area contributed by atoms with E-state index in [9.17, 15) is 9.59 Å². The molecule has 1 aromatic heterocycles. The van der Waals surface area contributed by atoms with Gasteiger partial charge in [0.2, 0.25) is 11.8 Å². The third-order valence-corrected chi connectivity index (χ3v) is 6.21. The van der Waals surface area contributed by atoms with Crippen LogP contribution in [0.4, 0.5) is 0 Å². The van der Waals surface area contributed by atoms with Crippen molar-refractivity contribution in [2.45, 2.75) is 39.4 Å². The van der Waals surface area contributed by atoms with Gasteiger partial charge in [-0.3, -0.25) is 9.59 Å². The van der Waals surface area contributed by atoms with E-state index in [1.807, 2.05) is 78.9 Å². The fourth-order valence-electron chi connectivity index (χ4n) is 4.23. The Labute approximate surface area is 217 Å². The van der Waals surface area contributed by atoms with Crippen LogP contribution in [0.25, 0.3) is 11.0 Å². The SMILES string of the molecule is COc1cccc(CN(C(=O)Cn2nnc3ccccc32)[C@H](C(=O)NCCC(C)C)c2ccccc2)c1. The normalized spacial score (nSPS) is 11.9. The molecule has 0 unspecified atom stereocenters. The number of hydrogen-bond donors (Lipinski definition) is 1. The number of nitrogens with zero attached hydrogens (tertiary/aromatic N) is 4. The lowest BCUT2D eigenvalue weighted by molar-refractivity contribution is -0.142. The number of ether oxygens (including phenoxy) is 1. The van der Waals surface area contributed by atoms with Crippen LogP contribution >= 0.6 is 0 Å². The molecule has 1 heterocycles. The van der Waals surface area contributed by atoms with Gasteiger partial charge in [-0.05, 0) is 47.7 Å². The Morgan fingerprint density at radius 2 is 1.76 bits per heavy atom. The van der Waals surface area contributed by atoms with Crippen LogP contribution in [-0.4, -0.2) is 45.4 Å². The molecule has 8 heteroatoms. The van der Waals surface area contributed by atoms with Crippen molar-refractivity contribution < 1.29 is 14.3 Å². The highest BCUT2D eigenvalue weighted by Gasteiger charge is 2.32. The lowest BCUT2D eigenvalue weighted by atomic mass is 10.0. The minimum absolute atomic E-state index is 0.0485. The number of fused-ring (bicyclic) bond motifs is 1. The zero-order valence-electron chi connectivity index (χ0n) is 21.5. The lowest BCUT2D eigenvalue weighted by Gasteiger charge is -2.32. The van der Waals surface area contributed by atoms with Gasteiger partial charge in [-0.1, -0.05) is 73.7 Å². The monoisotopic (exact) mass is 499 g/mol. The summed E-state index contributed by atoms with van der Waals surface area (Å²) in [7, 11) is 1.60. The molecule has 37 heavy (non-hydrogen) atoms.